The number of phenols is 2. The molecular formula is C9H10O4S. The van der Waals surface area contributed by atoms with Crippen molar-refractivity contribution in [1.82, 2.24) is 0 Å². The van der Waals surface area contributed by atoms with Gasteiger partial charge in [0.15, 0.2) is 21.3 Å². The highest BCUT2D eigenvalue weighted by Crippen LogP contribution is 2.25. The molecule has 5 heteroatoms. The van der Waals surface area contributed by atoms with E-state index in [1.165, 1.54) is 24.3 Å². The fourth-order valence-electron chi connectivity index (χ4n) is 0.846. The van der Waals surface area contributed by atoms with Crippen molar-refractivity contribution in [3.8, 4) is 11.5 Å². The van der Waals surface area contributed by atoms with Crippen LogP contribution in [-0.4, -0.2) is 24.9 Å². The molecule has 4 nitrogen and oxygen atoms in total. The third-order valence-corrected chi connectivity index (χ3v) is 2.14. The van der Waals surface area contributed by atoms with Gasteiger partial charge in [-0.3, -0.25) is 0 Å². The molecule has 0 aliphatic heterocycles. The van der Waals surface area contributed by atoms with Crippen LogP contribution < -0.4 is 0 Å². The van der Waals surface area contributed by atoms with Crippen molar-refractivity contribution >= 4 is 15.9 Å². The van der Waals surface area contributed by atoms with Crippen LogP contribution in [0.4, 0.5) is 0 Å². The Hall–Kier alpha value is -1.49. The lowest BCUT2D eigenvalue weighted by Gasteiger charge is -1.97. The molecule has 0 atom stereocenters. The van der Waals surface area contributed by atoms with Crippen LogP contribution >= 0.6 is 0 Å². The average Bonchev–Trinajstić information content (AvgIpc) is 2.06. The summed E-state index contributed by atoms with van der Waals surface area (Å²) < 4.78 is 21.5. The van der Waals surface area contributed by atoms with Gasteiger partial charge < -0.3 is 10.2 Å². The van der Waals surface area contributed by atoms with Crippen LogP contribution in [0.2, 0.25) is 0 Å². The highest BCUT2D eigenvalue weighted by atomic mass is 32.2. The van der Waals surface area contributed by atoms with E-state index in [9.17, 15) is 8.42 Å². The maximum absolute atomic E-state index is 10.8. The van der Waals surface area contributed by atoms with Gasteiger partial charge >= 0.3 is 0 Å². The number of rotatable bonds is 2. The largest absolute Gasteiger partial charge is 0.504 e. The maximum Gasteiger partial charge on any atom is 0.168 e. The summed E-state index contributed by atoms with van der Waals surface area (Å²) in [7, 11) is -3.17. The Kier molecular flexibility index (Phi) is 2.81. The summed E-state index contributed by atoms with van der Waals surface area (Å²) in [4.78, 5) is 0. The third kappa shape index (κ3) is 3.10. The van der Waals surface area contributed by atoms with E-state index in [1.807, 2.05) is 0 Å². The van der Waals surface area contributed by atoms with E-state index in [0.717, 1.165) is 11.7 Å². The molecule has 0 amide bonds. The summed E-state index contributed by atoms with van der Waals surface area (Å²) in [6, 6.07) is 4.06. The van der Waals surface area contributed by atoms with Gasteiger partial charge in [-0.1, -0.05) is 6.07 Å². The van der Waals surface area contributed by atoms with Gasteiger partial charge in [-0.15, -0.1) is 0 Å². The van der Waals surface area contributed by atoms with Crippen LogP contribution in [0.5, 0.6) is 11.5 Å². The van der Waals surface area contributed by atoms with Crippen molar-refractivity contribution < 1.29 is 18.6 Å². The molecule has 0 aliphatic rings. The van der Waals surface area contributed by atoms with Gasteiger partial charge in [0.25, 0.3) is 0 Å². The molecule has 76 valence electrons. The zero-order chi connectivity index (χ0) is 10.8. The van der Waals surface area contributed by atoms with Crippen molar-refractivity contribution in [2.24, 2.45) is 0 Å². The minimum Gasteiger partial charge on any atom is -0.504 e. The van der Waals surface area contributed by atoms with Gasteiger partial charge in [-0.2, -0.15) is 0 Å². The quantitative estimate of drug-likeness (QED) is 0.723. The first kappa shape index (κ1) is 10.6. The van der Waals surface area contributed by atoms with Gasteiger partial charge in [-0.05, 0) is 23.8 Å². The molecule has 0 unspecified atom stereocenters. The number of sulfone groups is 1. The molecule has 0 aliphatic carbocycles. The van der Waals surface area contributed by atoms with Crippen LogP contribution in [0.25, 0.3) is 6.08 Å². The second kappa shape index (κ2) is 3.71. The van der Waals surface area contributed by atoms with Crippen molar-refractivity contribution in [2.45, 2.75) is 0 Å². The van der Waals surface area contributed by atoms with Crippen LogP contribution in [0.15, 0.2) is 23.6 Å². The average molecular weight is 214 g/mol. The predicted octanol–water partition coefficient (Wildman–Crippen LogP) is 1.11. The number of benzene rings is 1. The van der Waals surface area contributed by atoms with Gasteiger partial charge in [0.1, 0.15) is 0 Å². The third-order valence-electron chi connectivity index (χ3n) is 1.51. The Morgan fingerprint density at radius 3 is 2.36 bits per heavy atom. The van der Waals surface area contributed by atoms with Crippen LogP contribution in [-0.2, 0) is 9.84 Å². The van der Waals surface area contributed by atoms with Gasteiger partial charge in [0, 0.05) is 11.7 Å². The van der Waals surface area contributed by atoms with Crippen LogP contribution in [0, 0.1) is 0 Å². The fraction of sp³-hybridized carbons (Fsp3) is 0.111. The van der Waals surface area contributed by atoms with Crippen LogP contribution in [0.3, 0.4) is 0 Å². The Bertz CT molecular complexity index is 460. The molecule has 1 rings (SSSR count). The zero-order valence-electron chi connectivity index (χ0n) is 7.51. The molecule has 0 bridgehead atoms. The molecule has 0 saturated carbocycles. The Balaban J connectivity index is 3.00. The van der Waals surface area contributed by atoms with E-state index < -0.39 is 9.84 Å². The van der Waals surface area contributed by atoms with Crippen molar-refractivity contribution in [1.29, 1.82) is 0 Å². The lowest BCUT2D eigenvalue weighted by molar-refractivity contribution is 0.403. The van der Waals surface area contributed by atoms with E-state index in [1.54, 1.807) is 0 Å². The molecule has 0 fully saturated rings. The van der Waals surface area contributed by atoms with E-state index in [2.05, 4.69) is 0 Å². The van der Waals surface area contributed by atoms with Gasteiger partial charge in [0.05, 0.1) is 0 Å². The first-order valence-electron chi connectivity index (χ1n) is 3.78. The highest BCUT2D eigenvalue weighted by molar-refractivity contribution is 7.93. The Labute approximate surface area is 82.1 Å². The predicted molar refractivity (Wildman–Crippen MR) is 53.6 cm³/mol. The minimum absolute atomic E-state index is 0.235. The summed E-state index contributed by atoms with van der Waals surface area (Å²) >= 11 is 0. The lowest BCUT2D eigenvalue weighted by Crippen LogP contribution is -1.87. The SMILES string of the molecule is CS(=O)(=O)/C=C/c1ccc(O)c(O)c1. The normalized spacial score (nSPS) is 12.1. The second-order valence-electron chi connectivity index (χ2n) is 2.88. The van der Waals surface area contributed by atoms with E-state index in [-0.39, 0.29) is 11.5 Å². The van der Waals surface area contributed by atoms with E-state index >= 15 is 0 Å². The summed E-state index contributed by atoms with van der Waals surface area (Å²) in [5.74, 6) is -0.512. The number of phenolic OH excluding ortho intramolecular Hbond substituents is 2. The Morgan fingerprint density at radius 2 is 1.86 bits per heavy atom. The molecule has 0 radical (unpaired) electrons. The first-order chi connectivity index (χ1) is 6.38. The topological polar surface area (TPSA) is 74.6 Å². The highest BCUT2D eigenvalue weighted by Gasteiger charge is 1.99. The summed E-state index contributed by atoms with van der Waals surface area (Å²) in [5, 5.41) is 19.1. The molecule has 0 saturated heterocycles. The first-order valence-corrected chi connectivity index (χ1v) is 5.74. The second-order valence-corrected chi connectivity index (χ2v) is 4.81. The molecule has 0 aromatic heterocycles. The number of aromatic hydroxyl groups is 2. The molecule has 1 aromatic rings. The summed E-state index contributed by atoms with van der Waals surface area (Å²) in [5.41, 5.74) is 0.505. The smallest absolute Gasteiger partial charge is 0.168 e. The summed E-state index contributed by atoms with van der Waals surface area (Å²) in [6.45, 7) is 0. The lowest BCUT2D eigenvalue weighted by atomic mass is 10.2. The molecular weight excluding hydrogens is 204 g/mol. The maximum atomic E-state index is 10.8. The number of hydrogen-bond acceptors (Lipinski definition) is 4. The molecule has 0 spiro atoms. The summed E-state index contributed by atoms with van der Waals surface area (Å²) in [6.07, 6.45) is 2.41. The Morgan fingerprint density at radius 1 is 1.21 bits per heavy atom. The van der Waals surface area contributed by atoms with Crippen molar-refractivity contribution in [3.63, 3.8) is 0 Å². The van der Waals surface area contributed by atoms with Crippen LogP contribution in [0.1, 0.15) is 5.56 Å². The minimum atomic E-state index is -3.17. The monoisotopic (exact) mass is 214 g/mol. The van der Waals surface area contributed by atoms with E-state index in [0.29, 0.717) is 5.56 Å². The fourth-order valence-corrected chi connectivity index (χ4v) is 1.25. The van der Waals surface area contributed by atoms with Gasteiger partial charge in [0.2, 0.25) is 0 Å². The standard InChI is InChI=1S/C9H10O4S/c1-14(12,13)5-4-7-2-3-8(10)9(11)6-7/h2-6,10-11H,1H3/b5-4+. The van der Waals surface area contributed by atoms with Gasteiger partial charge in [-0.25, -0.2) is 8.42 Å². The molecule has 1 aromatic carbocycles. The van der Waals surface area contributed by atoms with Crippen molar-refractivity contribution in [2.75, 3.05) is 6.26 Å². The molecule has 0 heterocycles. The molecule has 2 N–H and O–H groups in total. The molecule has 14 heavy (non-hydrogen) atoms. The van der Waals surface area contributed by atoms with Crippen molar-refractivity contribution in [3.05, 3.63) is 29.2 Å². The van der Waals surface area contributed by atoms with E-state index in [4.69, 9.17) is 10.2 Å². The number of hydrogen-bond donors (Lipinski definition) is 2. The zero-order valence-corrected chi connectivity index (χ0v) is 8.32.